The lowest BCUT2D eigenvalue weighted by Crippen LogP contribution is -2.12. The zero-order valence-corrected chi connectivity index (χ0v) is 9.91. The largest absolute Gasteiger partial charge is 0.416 e. The molecule has 0 fully saturated rings. The maximum atomic E-state index is 12.5. The highest BCUT2D eigenvalue weighted by atomic mass is 19.4. The molecule has 18 heavy (non-hydrogen) atoms. The predicted octanol–water partition coefficient (Wildman–Crippen LogP) is 2.40. The lowest BCUT2D eigenvalue weighted by Gasteiger charge is -2.14. The first-order valence-electron chi connectivity index (χ1n) is 5.37. The number of rotatable bonds is 6. The summed E-state index contributed by atoms with van der Waals surface area (Å²) >= 11 is 0. The van der Waals surface area contributed by atoms with Crippen molar-refractivity contribution in [2.45, 2.75) is 12.3 Å². The molecule has 0 aliphatic rings. The van der Waals surface area contributed by atoms with Gasteiger partial charge in [-0.25, -0.2) is 0 Å². The Morgan fingerprint density at radius 2 is 2.00 bits per heavy atom. The summed E-state index contributed by atoms with van der Waals surface area (Å²) in [7, 11) is 1.51. The standard InChI is InChI=1S/C12H15F3O3/c1-17-5-6-18-8-11(16)9-3-2-4-10(7-9)12(13,14)15/h2-4,7,11,16H,5-6,8H2,1H3. The molecule has 0 aliphatic heterocycles. The van der Waals surface area contributed by atoms with Crippen LogP contribution in [0.25, 0.3) is 0 Å². The first-order valence-corrected chi connectivity index (χ1v) is 5.37. The second kappa shape index (κ2) is 6.72. The van der Waals surface area contributed by atoms with E-state index in [2.05, 4.69) is 0 Å². The molecule has 0 bridgehead atoms. The van der Waals surface area contributed by atoms with E-state index < -0.39 is 17.8 Å². The average molecular weight is 264 g/mol. The van der Waals surface area contributed by atoms with Crippen LogP contribution in [-0.4, -0.2) is 32.0 Å². The van der Waals surface area contributed by atoms with Gasteiger partial charge < -0.3 is 14.6 Å². The second-order valence-corrected chi connectivity index (χ2v) is 3.71. The fourth-order valence-electron chi connectivity index (χ4n) is 1.36. The molecule has 1 aromatic rings. The molecule has 0 radical (unpaired) electrons. The van der Waals surface area contributed by atoms with E-state index in [1.807, 2.05) is 0 Å². The summed E-state index contributed by atoms with van der Waals surface area (Å²) in [6.45, 7) is 0.590. The van der Waals surface area contributed by atoms with E-state index in [1.54, 1.807) is 0 Å². The summed E-state index contributed by atoms with van der Waals surface area (Å²) in [6.07, 6.45) is -5.49. The Balaban J connectivity index is 2.60. The van der Waals surface area contributed by atoms with Crippen molar-refractivity contribution in [3.63, 3.8) is 0 Å². The Morgan fingerprint density at radius 3 is 2.61 bits per heavy atom. The summed E-state index contributed by atoms with van der Waals surface area (Å²) in [5.41, 5.74) is -0.599. The quantitative estimate of drug-likeness (QED) is 0.802. The Bertz CT molecular complexity index is 366. The highest BCUT2D eigenvalue weighted by Crippen LogP contribution is 2.30. The van der Waals surface area contributed by atoms with Gasteiger partial charge in [-0.15, -0.1) is 0 Å². The van der Waals surface area contributed by atoms with Gasteiger partial charge in [0.2, 0.25) is 0 Å². The molecule has 0 spiro atoms. The topological polar surface area (TPSA) is 38.7 Å². The molecule has 0 heterocycles. The van der Waals surface area contributed by atoms with E-state index in [0.717, 1.165) is 12.1 Å². The monoisotopic (exact) mass is 264 g/mol. The minimum absolute atomic E-state index is 0.0648. The van der Waals surface area contributed by atoms with Crippen molar-refractivity contribution in [3.05, 3.63) is 35.4 Å². The molecule has 0 aliphatic carbocycles. The van der Waals surface area contributed by atoms with Crippen molar-refractivity contribution in [2.75, 3.05) is 26.9 Å². The van der Waals surface area contributed by atoms with Gasteiger partial charge in [0.05, 0.1) is 25.4 Å². The number of aliphatic hydroxyl groups excluding tert-OH is 1. The van der Waals surface area contributed by atoms with Gasteiger partial charge in [0.15, 0.2) is 0 Å². The normalized spacial score (nSPS) is 13.6. The van der Waals surface area contributed by atoms with E-state index >= 15 is 0 Å². The van der Waals surface area contributed by atoms with Crippen LogP contribution in [0.5, 0.6) is 0 Å². The van der Waals surface area contributed by atoms with Gasteiger partial charge in [0, 0.05) is 7.11 Å². The fraction of sp³-hybridized carbons (Fsp3) is 0.500. The van der Waals surface area contributed by atoms with Gasteiger partial charge in [-0.05, 0) is 17.7 Å². The second-order valence-electron chi connectivity index (χ2n) is 3.71. The lowest BCUT2D eigenvalue weighted by molar-refractivity contribution is -0.137. The SMILES string of the molecule is COCCOCC(O)c1cccc(C(F)(F)F)c1. The number of hydrogen-bond donors (Lipinski definition) is 1. The van der Waals surface area contributed by atoms with E-state index in [-0.39, 0.29) is 18.8 Å². The van der Waals surface area contributed by atoms with E-state index in [4.69, 9.17) is 9.47 Å². The molecule has 1 unspecified atom stereocenters. The van der Waals surface area contributed by atoms with Crippen LogP contribution in [0.15, 0.2) is 24.3 Å². The molecule has 0 aromatic heterocycles. The Hall–Kier alpha value is -1.11. The molecule has 1 aromatic carbocycles. The number of hydrogen-bond acceptors (Lipinski definition) is 3. The highest BCUT2D eigenvalue weighted by Gasteiger charge is 2.30. The molecule has 1 atom stereocenters. The first kappa shape index (κ1) is 14.9. The molecule has 0 amide bonds. The van der Waals surface area contributed by atoms with Crippen LogP contribution in [0.3, 0.4) is 0 Å². The number of benzene rings is 1. The van der Waals surface area contributed by atoms with Crippen LogP contribution in [0.2, 0.25) is 0 Å². The van der Waals surface area contributed by atoms with Gasteiger partial charge >= 0.3 is 6.18 Å². The van der Waals surface area contributed by atoms with Crippen molar-refractivity contribution < 1.29 is 27.8 Å². The van der Waals surface area contributed by atoms with Crippen LogP contribution in [-0.2, 0) is 15.7 Å². The molecule has 102 valence electrons. The Kier molecular flexibility index (Phi) is 5.58. The van der Waals surface area contributed by atoms with Gasteiger partial charge in [0.25, 0.3) is 0 Å². The Morgan fingerprint density at radius 1 is 1.28 bits per heavy atom. The number of halogens is 3. The van der Waals surface area contributed by atoms with Crippen molar-refractivity contribution in [1.29, 1.82) is 0 Å². The van der Waals surface area contributed by atoms with E-state index in [1.165, 1.54) is 19.2 Å². The van der Waals surface area contributed by atoms with Crippen molar-refractivity contribution in [1.82, 2.24) is 0 Å². The molecular weight excluding hydrogens is 249 g/mol. The maximum absolute atomic E-state index is 12.5. The van der Waals surface area contributed by atoms with Crippen LogP contribution in [0.1, 0.15) is 17.2 Å². The minimum atomic E-state index is -4.41. The van der Waals surface area contributed by atoms with E-state index in [0.29, 0.717) is 6.61 Å². The Labute approximate surface area is 103 Å². The van der Waals surface area contributed by atoms with Crippen LogP contribution >= 0.6 is 0 Å². The third-order valence-electron chi connectivity index (χ3n) is 2.31. The van der Waals surface area contributed by atoms with Crippen LogP contribution in [0.4, 0.5) is 13.2 Å². The molecule has 3 nitrogen and oxygen atoms in total. The fourth-order valence-corrected chi connectivity index (χ4v) is 1.36. The van der Waals surface area contributed by atoms with Crippen LogP contribution < -0.4 is 0 Å². The maximum Gasteiger partial charge on any atom is 0.416 e. The first-order chi connectivity index (χ1) is 8.45. The molecule has 6 heteroatoms. The third-order valence-corrected chi connectivity index (χ3v) is 2.31. The molecular formula is C12H15F3O3. The summed E-state index contributed by atoms with van der Waals surface area (Å²) in [5, 5.41) is 9.68. The number of methoxy groups -OCH3 is 1. The zero-order chi connectivity index (χ0) is 13.6. The van der Waals surface area contributed by atoms with Crippen LogP contribution in [0, 0.1) is 0 Å². The lowest BCUT2D eigenvalue weighted by atomic mass is 10.1. The number of alkyl halides is 3. The number of aliphatic hydroxyl groups is 1. The van der Waals surface area contributed by atoms with Crippen molar-refractivity contribution >= 4 is 0 Å². The summed E-state index contributed by atoms with van der Waals surface area (Å²) in [4.78, 5) is 0. The van der Waals surface area contributed by atoms with E-state index in [9.17, 15) is 18.3 Å². The highest BCUT2D eigenvalue weighted by molar-refractivity contribution is 5.27. The summed E-state index contributed by atoms with van der Waals surface area (Å²) < 4.78 is 47.2. The minimum Gasteiger partial charge on any atom is -0.386 e. The summed E-state index contributed by atoms with van der Waals surface area (Å²) in [5.74, 6) is 0. The van der Waals surface area contributed by atoms with Gasteiger partial charge in [0.1, 0.15) is 6.10 Å². The predicted molar refractivity (Wildman–Crippen MR) is 59.1 cm³/mol. The molecule has 1 rings (SSSR count). The molecule has 0 saturated heterocycles. The zero-order valence-electron chi connectivity index (χ0n) is 9.91. The molecule has 0 saturated carbocycles. The number of ether oxygens (including phenoxy) is 2. The van der Waals surface area contributed by atoms with Crippen molar-refractivity contribution in [3.8, 4) is 0 Å². The smallest absolute Gasteiger partial charge is 0.386 e. The average Bonchev–Trinajstić information content (AvgIpc) is 2.33. The van der Waals surface area contributed by atoms with Gasteiger partial charge in [-0.2, -0.15) is 13.2 Å². The van der Waals surface area contributed by atoms with Gasteiger partial charge in [-0.3, -0.25) is 0 Å². The molecule has 1 N–H and O–H groups in total. The van der Waals surface area contributed by atoms with Gasteiger partial charge in [-0.1, -0.05) is 12.1 Å². The summed E-state index contributed by atoms with van der Waals surface area (Å²) in [6, 6.07) is 4.57. The third kappa shape index (κ3) is 4.64. The van der Waals surface area contributed by atoms with Crippen molar-refractivity contribution in [2.24, 2.45) is 0 Å².